The standard InChI is InChI=1S/C25H27F6NO2/c1-14(2)10-20(23(33)34)17-11-16(15-6-8-19(9-7-15)24(26,27)28)12-18(13-17)21-4-3-5-22(32-21)25(29,30)31/h6-9,11-14,20-22,32H,3-5,10H2,1-2H3,(H,33,34)/t20?,21?,22-/m1/s1. The Balaban J connectivity index is 2.07. The maximum Gasteiger partial charge on any atom is 0.416 e. The van der Waals surface area contributed by atoms with Gasteiger partial charge in [0.15, 0.2) is 0 Å². The molecule has 1 aliphatic rings. The molecule has 0 aliphatic carbocycles. The van der Waals surface area contributed by atoms with Gasteiger partial charge in [-0.2, -0.15) is 26.3 Å². The zero-order chi connectivity index (χ0) is 25.3. The third-order valence-electron chi connectivity index (χ3n) is 6.12. The van der Waals surface area contributed by atoms with E-state index in [1.165, 1.54) is 12.1 Å². The average molecular weight is 487 g/mol. The maximum absolute atomic E-state index is 13.3. The van der Waals surface area contributed by atoms with Crippen LogP contribution in [0, 0.1) is 5.92 Å². The molecule has 186 valence electrons. The van der Waals surface area contributed by atoms with Crippen LogP contribution in [0.1, 0.15) is 68.2 Å². The third-order valence-corrected chi connectivity index (χ3v) is 6.12. The van der Waals surface area contributed by atoms with E-state index in [0.29, 0.717) is 41.5 Å². The highest BCUT2D eigenvalue weighted by Gasteiger charge is 2.42. The monoisotopic (exact) mass is 487 g/mol. The third kappa shape index (κ3) is 6.31. The molecule has 0 saturated carbocycles. The lowest BCUT2D eigenvalue weighted by atomic mass is 9.84. The van der Waals surface area contributed by atoms with Gasteiger partial charge in [0.2, 0.25) is 0 Å². The van der Waals surface area contributed by atoms with Crippen molar-refractivity contribution in [2.24, 2.45) is 5.92 Å². The number of alkyl halides is 6. The molecule has 3 nitrogen and oxygen atoms in total. The minimum atomic E-state index is -4.50. The van der Waals surface area contributed by atoms with Crippen LogP contribution in [0.4, 0.5) is 26.3 Å². The van der Waals surface area contributed by atoms with Crippen molar-refractivity contribution in [1.29, 1.82) is 0 Å². The molecule has 2 aromatic carbocycles. The number of nitrogens with one attached hydrogen (secondary N) is 1. The minimum absolute atomic E-state index is 0.0432. The van der Waals surface area contributed by atoms with Crippen molar-refractivity contribution < 1.29 is 36.2 Å². The maximum atomic E-state index is 13.3. The number of piperidine rings is 1. The van der Waals surface area contributed by atoms with Crippen molar-refractivity contribution in [2.75, 3.05) is 0 Å². The van der Waals surface area contributed by atoms with Crippen LogP contribution in [0.25, 0.3) is 11.1 Å². The smallest absolute Gasteiger partial charge is 0.416 e. The Morgan fingerprint density at radius 1 is 1.00 bits per heavy atom. The molecule has 3 atom stereocenters. The average Bonchev–Trinajstić information content (AvgIpc) is 2.76. The lowest BCUT2D eigenvalue weighted by Gasteiger charge is -2.33. The molecular formula is C25H27F6NO2. The van der Waals surface area contributed by atoms with Gasteiger partial charge in [0, 0.05) is 6.04 Å². The van der Waals surface area contributed by atoms with Crippen molar-refractivity contribution in [2.45, 2.75) is 69.9 Å². The Hall–Kier alpha value is -2.55. The second kappa shape index (κ2) is 9.98. The molecule has 2 N–H and O–H groups in total. The topological polar surface area (TPSA) is 49.3 Å². The van der Waals surface area contributed by atoms with Gasteiger partial charge in [-0.15, -0.1) is 0 Å². The number of hydrogen-bond acceptors (Lipinski definition) is 2. The number of hydrogen-bond donors (Lipinski definition) is 2. The van der Waals surface area contributed by atoms with Crippen LogP contribution in [-0.4, -0.2) is 23.3 Å². The highest BCUT2D eigenvalue weighted by atomic mass is 19.4. The van der Waals surface area contributed by atoms with Crippen molar-refractivity contribution in [3.05, 3.63) is 59.2 Å². The number of carboxylic acids is 1. The minimum Gasteiger partial charge on any atom is -0.481 e. The number of halogens is 6. The highest BCUT2D eigenvalue weighted by molar-refractivity contribution is 5.77. The molecule has 1 aliphatic heterocycles. The predicted molar refractivity (Wildman–Crippen MR) is 116 cm³/mol. The molecular weight excluding hydrogens is 460 g/mol. The van der Waals surface area contributed by atoms with Crippen LogP contribution in [0.2, 0.25) is 0 Å². The van der Waals surface area contributed by atoms with E-state index in [-0.39, 0.29) is 12.3 Å². The number of carbonyl (C=O) groups is 1. The quantitative estimate of drug-likeness (QED) is 0.420. The molecule has 1 heterocycles. The molecule has 0 amide bonds. The number of rotatable bonds is 6. The fourth-order valence-corrected chi connectivity index (χ4v) is 4.40. The Kier molecular flexibility index (Phi) is 7.65. The van der Waals surface area contributed by atoms with E-state index in [9.17, 15) is 36.2 Å². The molecule has 0 aromatic heterocycles. The summed E-state index contributed by atoms with van der Waals surface area (Å²) < 4.78 is 78.9. The molecule has 9 heteroatoms. The number of carboxylic acid groups (broad SMARTS) is 1. The van der Waals surface area contributed by atoms with Crippen LogP contribution in [0.5, 0.6) is 0 Å². The van der Waals surface area contributed by atoms with Crippen molar-refractivity contribution in [1.82, 2.24) is 5.32 Å². The van der Waals surface area contributed by atoms with Gasteiger partial charge in [0.1, 0.15) is 6.04 Å². The Labute approximate surface area is 194 Å². The fourth-order valence-electron chi connectivity index (χ4n) is 4.40. The molecule has 1 saturated heterocycles. The van der Waals surface area contributed by atoms with Crippen LogP contribution < -0.4 is 5.32 Å². The van der Waals surface area contributed by atoms with Gasteiger partial charge in [0.25, 0.3) is 0 Å². The SMILES string of the molecule is CC(C)CC(C(=O)O)c1cc(-c2ccc(C(F)(F)F)cc2)cc(C2CCC[C@H](C(F)(F)F)N2)c1. The van der Waals surface area contributed by atoms with Gasteiger partial charge in [-0.25, -0.2) is 0 Å². The molecule has 2 unspecified atom stereocenters. The summed E-state index contributed by atoms with van der Waals surface area (Å²) in [6.45, 7) is 3.74. The first-order valence-corrected chi connectivity index (χ1v) is 11.1. The molecule has 34 heavy (non-hydrogen) atoms. The molecule has 0 spiro atoms. The summed E-state index contributed by atoms with van der Waals surface area (Å²) in [6.07, 6.45) is -7.87. The molecule has 1 fully saturated rings. The Morgan fingerprint density at radius 2 is 1.65 bits per heavy atom. The van der Waals surface area contributed by atoms with Crippen LogP contribution in [-0.2, 0) is 11.0 Å². The summed E-state index contributed by atoms with van der Waals surface area (Å²) in [7, 11) is 0. The summed E-state index contributed by atoms with van der Waals surface area (Å²) in [5.74, 6) is -1.91. The molecule has 2 aromatic rings. The summed E-state index contributed by atoms with van der Waals surface area (Å²) in [5, 5.41) is 12.5. The first-order chi connectivity index (χ1) is 15.8. The van der Waals surface area contributed by atoms with Crippen LogP contribution in [0.15, 0.2) is 42.5 Å². The van der Waals surface area contributed by atoms with Crippen LogP contribution >= 0.6 is 0 Å². The largest absolute Gasteiger partial charge is 0.481 e. The van der Waals surface area contributed by atoms with Crippen molar-refractivity contribution in [3.63, 3.8) is 0 Å². The first kappa shape index (κ1) is 26.1. The summed E-state index contributed by atoms with van der Waals surface area (Å²) in [4.78, 5) is 12.0. The van der Waals surface area contributed by atoms with E-state index in [4.69, 9.17) is 0 Å². The van der Waals surface area contributed by atoms with E-state index in [2.05, 4.69) is 5.32 Å². The lowest BCUT2D eigenvalue weighted by molar-refractivity contribution is -0.163. The van der Waals surface area contributed by atoms with Gasteiger partial charge < -0.3 is 5.11 Å². The molecule has 0 radical (unpaired) electrons. The normalized spacial score (nSPS) is 20.4. The van der Waals surface area contributed by atoms with Crippen LogP contribution in [0.3, 0.4) is 0 Å². The highest BCUT2D eigenvalue weighted by Crippen LogP contribution is 2.38. The second-order valence-corrected chi connectivity index (χ2v) is 9.23. The number of aliphatic carboxylic acids is 1. The van der Waals surface area contributed by atoms with Gasteiger partial charge in [-0.1, -0.05) is 38.1 Å². The zero-order valence-electron chi connectivity index (χ0n) is 18.8. The van der Waals surface area contributed by atoms with E-state index >= 15 is 0 Å². The predicted octanol–water partition coefficient (Wildman–Crippen LogP) is 7.33. The van der Waals surface area contributed by atoms with Gasteiger partial charge >= 0.3 is 18.3 Å². The first-order valence-electron chi connectivity index (χ1n) is 11.1. The zero-order valence-corrected chi connectivity index (χ0v) is 18.8. The molecule has 3 rings (SSSR count). The van der Waals surface area contributed by atoms with Gasteiger partial charge in [-0.05, 0) is 72.1 Å². The number of benzene rings is 2. The fraction of sp³-hybridized carbons (Fsp3) is 0.480. The second-order valence-electron chi connectivity index (χ2n) is 9.23. The summed E-state index contributed by atoms with van der Waals surface area (Å²) >= 11 is 0. The van der Waals surface area contributed by atoms with E-state index in [1.54, 1.807) is 18.2 Å². The van der Waals surface area contributed by atoms with Gasteiger partial charge in [-0.3, -0.25) is 10.1 Å². The lowest BCUT2D eigenvalue weighted by Crippen LogP contribution is -2.46. The Bertz CT molecular complexity index is 998. The van der Waals surface area contributed by atoms with E-state index in [1.807, 2.05) is 13.8 Å². The van der Waals surface area contributed by atoms with Crippen molar-refractivity contribution in [3.8, 4) is 11.1 Å². The Morgan fingerprint density at radius 3 is 2.18 bits per heavy atom. The summed E-state index contributed by atoms with van der Waals surface area (Å²) in [5.41, 5.74) is 0.985. The van der Waals surface area contributed by atoms with Gasteiger partial charge in [0.05, 0.1) is 11.5 Å². The summed E-state index contributed by atoms with van der Waals surface area (Å²) in [6, 6.07) is 6.98. The molecule has 0 bridgehead atoms. The van der Waals surface area contributed by atoms with Crippen molar-refractivity contribution >= 4 is 5.97 Å². The van der Waals surface area contributed by atoms with E-state index in [0.717, 1.165) is 12.1 Å². The van der Waals surface area contributed by atoms with E-state index < -0.39 is 41.9 Å².